The molecule has 2 rings (SSSR count). The number of nitrogens with one attached hydrogen (secondary N) is 1. The smallest absolute Gasteiger partial charge is 0.288 e. The van der Waals surface area contributed by atoms with Gasteiger partial charge in [-0.2, -0.15) is 18.2 Å². The molecule has 0 aromatic carbocycles. The average molecular weight is 294 g/mol. The van der Waals surface area contributed by atoms with Crippen LogP contribution < -0.4 is 4.90 Å². The van der Waals surface area contributed by atoms with E-state index in [1.165, 1.54) is 6.92 Å². The second kappa shape index (κ2) is 4.83. The van der Waals surface area contributed by atoms with E-state index in [1.807, 2.05) is 0 Å². The van der Waals surface area contributed by atoms with E-state index in [1.54, 1.807) is 5.10 Å². The Morgan fingerprint density at radius 3 is 2.74 bits per heavy atom. The summed E-state index contributed by atoms with van der Waals surface area (Å²) in [5, 5.41) is 4.70. The van der Waals surface area contributed by atoms with Crippen molar-refractivity contribution in [3.05, 3.63) is 5.82 Å². The van der Waals surface area contributed by atoms with E-state index in [4.69, 9.17) is 0 Å². The number of nitrogens with zero attached hydrogens (tertiary/aromatic N) is 3. The second-order valence-corrected chi connectivity index (χ2v) is 5.40. The van der Waals surface area contributed by atoms with E-state index in [0.717, 1.165) is 16.7 Å². The number of aromatic amines is 1. The van der Waals surface area contributed by atoms with Crippen molar-refractivity contribution in [2.24, 2.45) is 0 Å². The van der Waals surface area contributed by atoms with Gasteiger partial charge in [0.05, 0.1) is 0 Å². The third kappa shape index (κ3) is 3.06. The van der Waals surface area contributed by atoms with Crippen molar-refractivity contribution in [2.75, 3.05) is 11.4 Å². The molecule has 1 amide bonds. The fourth-order valence-electron chi connectivity index (χ4n) is 1.68. The van der Waals surface area contributed by atoms with Crippen molar-refractivity contribution in [3.63, 3.8) is 0 Å². The highest BCUT2D eigenvalue weighted by Crippen LogP contribution is 2.30. The van der Waals surface area contributed by atoms with Gasteiger partial charge >= 0.3 is 6.18 Å². The third-order valence-electron chi connectivity index (χ3n) is 2.41. The Labute approximate surface area is 109 Å². The fourth-order valence-corrected chi connectivity index (χ4v) is 2.60. The Bertz CT molecular complexity index is 516. The number of rotatable bonds is 2. The number of thioether (sulfide) groups is 1. The van der Waals surface area contributed by atoms with Gasteiger partial charge in [-0.1, -0.05) is 11.8 Å². The highest BCUT2D eigenvalue weighted by molar-refractivity contribution is 8.14. The molecule has 1 unspecified atom stereocenters. The topological polar surface area (TPSA) is 79.0 Å². The van der Waals surface area contributed by atoms with Gasteiger partial charge in [0.15, 0.2) is 5.12 Å². The number of alkyl halides is 3. The summed E-state index contributed by atoms with van der Waals surface area (Å²) in [6, 6.07) is 0. The first-order chi connectivity index (χ1) is 8.77. The van der Waals surface area contributed by atoms with Gasteiger partial charge in [-0.25, -0.2) is 0 Å². The maximum absolute atomic E-state index is 12.3. The molecule has 1 N–H and O–H groups in total. The zero-order chi connectivity index (χ0) is 14.2. The van der Waals surface area contributed by atoms with E-state index in [0.29, 0.717) is 0 Å². The number of halogens is 3. The minimum atomic E-state index is -4.64. The number of aromatic nitrogens is 3. The van der Waals surface area contributed by atoms with Crippen LogP contribution in [0.5, 0.6) is 0 Å². The third-order valence-corrected chi connectivity index (χ3v) is 3.39. The number of amides is 1. The van der Waals surface area contributed by atoms with Crippen LogP contribution in [0.2, 0.25) is 0 Å². The Balaban J connectivity index is 2.12. The lowest BCUT2D eigenvalue weighted by Gasteiger charge is -2.10. The van der Waals surface area contributed by atoms with Crippen LogP contribution in [0.25, 0.3) is 0 Å². The van der Waals surface area contributed by atoms with Crippen LogP contribution in [0.3, 0.4) is 0 Å². The summed E-state index contributed by atoms with van der Waals surface area (Å²) in [5.41, 5.74) is 0. The molecule has 1 aliphatic rings. The SMILES string of the molecule is CC(=O)SC1CC(=O)N(c2n[nH]c(C(F)(F)F)n2)C1. The van der Waals surface area contributed by atoms with Crippen molar-refractivity contribution in [1.82, 2.24) is 15.2 Å². The zero-order valence-corrected chi connectivity index (χ0v) is 10.5. The molecule has 1 aromatic heterocycles. The summed E-state index contributed by atoms with van der Waals surface area (Å²) in [5.74, 6) is -1.96. The molecular weight excluding hydrogens is 285 g/mol. The number of hydrogen-bond donors (Lipinski definition) is 1. The van der Waals surface area contributed by atoms with Gasteiger partial charge in [0.25, 0.3) is 5.95 Å². The van der Waals surface area contributed by atoms with Gasteiger partial charge in [-0.05, 0) is 0 Å². The van der Waals surface area contributed by atoms with Crippen molar-refractivity contribution in [2.45, 2.75) is 24.8 Å². The number of hydrogen-bond acceptors (Lipinski definition) is 5. The molecule has 0 bridgehead atoms. The molecule has 0 radical (unpaired) electrons. The summed E-state index contributed by atoms with van der Waals surface area (Å²) in [6.07, 6.45) is -4.55. The molecule has 1 aromatic rings. The molecule has 0 aliphatic carbocycles. The van der Waals surface area contributed by atoms with E-state index < -0.39 is 17.9 Å². The van der Waals surface area contributed by atoms with E-state index in [-0.39, 0.29) is 29.3 Å². The van der Waals surface area contributed by atoms with E-state index in [9.17, 15) is 22.8 Å². The zero-order valence-electron chi connectivity index (χ0n) is 9.69. The highest BCUT2D eigenvalue weighted by atomic mass is 32.2. The Morgan fingerprint density at radius 1 is 1.53 bits per heavy atom. The number of carbonyl (C=O) groups excluding carboxylic acids is 2. The molecule has 2 heterocycles. The molecule has 1 aliphatic heterocycles. The molecule has 1 atom stereocenters. The number of H-pyrrole nitrogens is 1. The summed E-state index contributed by atoms with van der Waals surface area (Å²) in [4.78, 5) is 26.9. The molecule has 19 heavy (non-hydrogen) atoms. The first kappa shape index (κ1) is 13.8. The predicted molar refractivity (Wildman–Crippen MR) is 60.4 cm³/mol. The minimum absolute atomic E-state index is 0.0835. The maximum Gasteiger partial charge on any atom is 0.451 e. The summed E-state index contributed by atoms with van der Waals surface area (Å²) in [6.45, 7) is 1.49. The molecule has 6 nitrogen and oxygen atoms in total. The summed E-state index contributed by atoms with van der Waals surface area (Å²) in [7, 11) is 0. The largest absolute Gasteiger partial charge is 0.451 e. The van der Waals surface area contributed by atoms with Crippen LogP contribution >= 0.6 is 11.8 Å². The Morgan fingerprint density at radius 2 is 2.21 bits per heavy atom. The molecule has 10 heteroatoms. The fraction of sp³-hybridized carbons (Fsp3) is 0.556. The van der Waals surface area contributed by atoms with Crippen LogP contribution in [-0.4, -0.2) is 38.0 Å². The van der Waals surface area contributed by atoms with Crippen LogP contribution in [0, 0.1) is 0 Å². The first-order valence-corrected chi connectivity index (χ1v) is 6.12. The van der Waals surface area contributed by atoms with Gasteiger partial charge in [-0.15, -0.1) is 5.10 Å². The summed E-state index contributed by atoms with van der Waals surface area (Å²) < 4.78 is 37.0. The van der Waals surface area contributed by atoms with Gasteiger partial charge < -0.3 is 0 Å². The average Bonchev–Trinajstić information content (AvgIpc) is 2.82. The maximum atomic E-state index is 12.3. The van der Waals surface area contributed by atoms with Crippen molar-refractivity contribution < 1.29 is 22.8 Å². The van der Waals surface area contributed by atoms with Gasteiger partial charge in [0.1, 0.15) is 0 Å². The highest BCUT2D eigenvalue weighted by Gasteiger charge is 2.38. The molecule has 1 saturated heterocycles. The molecule has 0 spiro atoms. The first-order valence-electron chi connectivity index (χ1n) is 5.24. The standard InChI is InChI=1S/C9H9F3N4O2S/c1-4(17)19-5-2-6(18)16(3-5)8-13-7(14-15-8)9(10,11)12/h5H,2-3H2,1H3,(H,13,14,15). The second-order valence-electron chi connectivity index (χ2n) is 3.92. The van der Waals surface area contributed by atoms with Gasteiger partial charge in [-0.3, -0.25) is 19.6 Å². The monoisotopic (exact) mass is 294 g/mol. The molecule has 0 saturated carbocycles. The Kier molecular flexibility index (Phi) is 3.52. The van der Waals surface area contributed by atoms with E-state index >= 15 is 0 Å². The van der Waals surface area contributed by atoms with Crippen LogP contribution in [0.15, 0.2) is 0 Å². The van der Waals surface area contributed by atoms with Crippen molar-refractivity contribution in [3.8, 4) is 0 Å². The van der Waals surface area contributed by atoms with Crippen molar-refractivity contribution in [1.29, 1.82) is 0 Å². The van der Waals surface area contributed by atoms with Crippen LogP contribution in [0.4, 0.5) is 19.1 Å². The minimum Gasteiger partial charge on any atom is -0.288 e. The van der Waals surface area contributed by atoms with Crippen molar-refractivity contribution >= 4 is 28.7 Å². The molecule has 104 valence electrons. The summed E-state index contributed by atoms with van der Waals surface area (Å²) >= 11 is 0.987. The Hall–Kier alpha value is -1.58. The van der Waals surface area contributed by atoms with Gasteiger partial charge in [0, 0.05) is 25.1 Å². The van der Waals surface area contributed by atoms with Gasteiger partial charge in [0.2, 0.25) is 11.7 Å². The molecular formula is C9H9F3N4O2S. The lowest BCUT2D eigenvalue weighted by Crippen LogP contribution is -2.26. The lowest BCUT2D eigenvalue weighted by molar-refractivity contribution is -0.144. The predicted octanol–water partition coefficient (Wildman–Crippen LogP) is 1.21. The quantitative estimate of drug-likeness (QED) is 0.887. The normalized spacial score (nSPS) is 20.1. The van der Waals surface area contributed by atoms with Crippen LogP contribution in [0.1, 0.15) is 19.2 Å². The molecule has 1 fully saturated rings. The van der Waals surface area contributed by atoms with Crippen LogP contribution in [-0.2, 0) is 15.8 Å². The number of anilines is 1. The van der Waals surface area contributed by atoms with E-state index in [2.05, 4.69) is 10.1 Å². The number of carbonyl (C=O) groups is 2. The lowest BCUT2D eigenvalue weighted by atomic mass is 10.4.